The molecule has 7 heteroatoms. The molecule has 2 aromatic carbocycles. The number of benzene rings is 2. The van der Waals surface area contributed by atoms with Crippen LogP contribution in [0.25, 0.3) is 11.4 Å². The highest BCUT2D eigenvalue weighted by atomic mass is 16.5. The number of nitrogens with zero attached hydrogens (tertiary/aromatic N) is 2. The monoisotopic (exact) mass is 366 g/mol. The third-order valence-electron chi connectivity index (χ3n) is 4.15. The molecule has 0 fully saturated rings. The van der Waals surface area contributed by atoms with Gasteiger partial charge in [0.15, 0.2) is 0 Å². The summed E-state index contributed by atoms with van der Waals surface area (Å²) in [5.74, 6) is 1.73. The third kappa shape index (κ3) is 4.84. The van der Waals surface area contributed by atoms with E-state index >= 15 is 0 Å². The van der Waals surface area contributed by atoms with Crippen LogP contribution in [0.1, 0.15) is 24.3 Å². The average Bonchev–Trinajstić information content (AvgIpc) is 3.14. The number of hydrogen-bond acceptors (Lipinski definition) is 6. The highest BCUT2D eigenvalue weighted by molar-refractivity contribution is 5.92. The van der Waals surface area contributed by atoms with Crippen LogP contribution in [0.15, 0.2) is 47.0 Å². The number of methoxy groups -OCH3 is 1. The summed E-state index contributed by atoms with van der Waals surface area (Å²) < 4.78 is 10.4. The lowest BCUT2D eigenvalue weighted by Gasteiger charge is -2.08. The molecule has 0 saturated carbocycles. The lowest BCUT2D eigenvalue weighted by molar-refractivity contribution is -0.116. The Kier molecular flexibility index (Phi) is 5.71. The fraction of sp³-hybridized carbons (Fsp3) is 0.250. The Hall–Kier alpha value is -3.35. The summed E-state index contributed by atoms with van der Waals surface area (Å²) >= 11 is 0. The van der Waals surface area contributed by atoms with Crippen LogP contribution in [0.3, 0.4) is 0 Å². The fourth-order valence-electron chi connectivity index (χ4n) is 2.60. The molecule has 0 bridgehead atoms. The first-order valence-electron chi connectivity index (χ1n) is 8.68. The van der Waals surface area contributed by atoms with Gasteiger partial charge in [0, 0.05) is 29.8 Å². The maximum Gasteiger partial charge on any atom is 0.226 e. The molecule has 27 heavy (non-hydrogen) atoms. The normalized spacial score (nSPS) is 10.6. The highest BCUT2D eigenvalue weighted by Crippen LogP contribution is 2.21. The van der Waals surface area contributed by atoms with Gasteiger partial charge in [-0.15, -0.1) is 0 Å². The van der Waals surface area contributed by atoms with E-state index < -0.39 is 0 Å². The van der Waals surface area contributed by atoms with E-state index in [0.29, 0.717) is 36.7 Å². The van der Waals surface area contributed by atoms with Crippen molar-refractivity contribution in [2.45, 2.75) is 26.2 Å². The average molecular weight is 366 g/mol. The molecule has 0 aliphatic heterocycles. The molecule has 0 saturated heterocycles. The van der Waals surface area contributed by atoms with E-state index in [2.05, 4.69) is 15.5 Å². The number of carbonyl (C=O) groups is 1. The third-order valence-corrected chi connectivity index (χ3v) is 4.15. The van der Waals surface area contributed by atoms with Gasteiger partial charge >= 0.3 is 0 Å². The van der Waals surface area contributed by atoms with Crippen LogP contribution >= 0.6 is 0 Å². The number of nitrogens with one attached hydrogen (secondary N) is 1. The first kappa shape index (κ1) is 18.4. The Morgan fingerprint density at radius 2 is 2.00 bits per heavy atom. The molecular formula is C20H22N4O3. The number of nitrogen functional groups attached to an aromatic ring is 1. The van der Waals surface area contributed by atoms with Gasteiger partial charge in [0.25, 0.3) is 0 Å². The summed E-state index contributed by atoms with van der Waals surface area (Å²) in [4.78, 5) is 16.5. The molecule has 140 valence electrons. The Morgan fingerprint density at radius 3 is 2.74 bits per heavy atom. The van der Waals surface area contributed by atoms with E-state index in [1.807, 2.05) is 37.3 Å². The van der Waals surface area contributed by atoms with E-state index in [0.717, 1.165) is 22.6 Å². The van der Waals surface area contributed by atoms with Crippen LogP contribution in [-0.2, 0) is 11.2 Å². The predicted molar refractivity (Wildman–Crippen MR) is 103 cm³/mol. The molecule has 3 N–H and O–H groups in total. The zero-order chi connectivity index (χ0) is 19.2. The molecule has 3 aromatic rings. The molecule has 7 nitrogen and oxygen atoms in total. The molecule has 0 unspecified atom stereocenters. The fourth-order valence-corrected chi connectivity index (χ4v) is 2.60. The maximum atomic E-state index is 12.1. The van der Waals surface area contributed by atoms with Gasteiger partial charge in [0.1, 0.15) is 5.75 Å². The topological polar surface area (TPSA) is 103 Å². The summed E-state index contributed by atoms with van der Waals surface area (Å²) in [6.45, 7) is 1.92. The zero-order valence-corrected chi connectivity index (χ0v) is 15.4. The van der Waals surface area contributed by atoms with Crippen molar-refractivity contribution in [3.05, 3.63) is 53.9 Å². The first-order valence-corrected chi connectivity index (χ1v) is 8.68. The summed E-state index contributed by atoms with van der Waals surface area (Å²) in [6.07, 6.45) is 1.50. The maximum absolute atomic E-state index is 12.1. The number of anilines is 2. The lowest BCUT2D eigenvalue weighted by atomic mass is 10.1. The second-order valence-corrected chi connectivity index (χ2v) is 6.22. The SMILES string of the molecule is COc1ccc(-c2noc(CCCC(=O)Nc3cc(N)ccc3C)n2)cc1. The Labute approximate surface area is 157 Å². The van der Waals surface area contributed by atoms with E-state index in [1.165, 1.54) is 0 Å². The highest BCUT2D eigenvalue weighted by Gasteiger charge is 2.10. The Bertz CT molecular complexity index is 919. The van der Waals surface area contributed by atoms with E-state index in [-0.39, 0.29) is 5.91 Å². The molecule has 0 aliphatic rings. The van der Waals surface area contributed by atoms with Crippen molar-refractivity contribution in [2.75, 3.05) is 18.2 Å². The number of nitrogens with two attached hydrogens (primary N) is 1. The van der Waals surface area contributed by atoms with Gasteiger partial charge in [0.2, 0.25) is 17.6 Å². The van der Waals surface area contributed by atoms with Gasteiger partial charge in [-0.25, -0.2) is 0 Å². The van der Waals surface area contributed by atoms with Crippen molar-refractivity contribution < 1.29 is 14.1 Å². The van der Waals surface area contributed by atoms with Crippen molar-refractivity contribution in [3.63, 3.8) is 0 Å². The lowest BCUT2D eigenvalue weighted by Crippen LogP contribution is -2.12. The van der Waals surface area contributed by atoms with Crippen molar-refractivity contribution in [2.24, 2.45) is 0 Å². The van der Waals surface area contributed by atoms with E-state index in [9.17, 15) is 4.79 Å². The van der Waals surface area contributed by atoms with Gasteiger partial charge in [-0.2, -0.15) is 4.98 Å². The largest absolute Gasteiger partial charge is 0.497 e. The molecule has 3 rings (SSSR count). The van der Waals surface area contributed by atoms with Crippen LogP contribution in [0, 0.1) is 6.92 Å². The zero-order valence-electron chi connectivity index (χ0n) is 15.4. The predicted octanol–water partition coefficient (Wildman–Crippen LogP) is 3.60. The smallest absolute Gasteiger partial charge is 0.226 e. The number of aryl methyl sites for hydroxylation is 2. The second kappa shape index (κ2) is 8.35. The van der Waals surface area contributed by atoms with Crippen molar-refractivity contribution in [1.82, 2.24) is 10.1 Å². The minimum atomic E-state index is -0.0707. The Balaban J connectivity index is 1.51. The standard InChI is InChI=1S/C20H22N4O3/c1-13-6-9-15(21)12-17(13)22-18(25)4-3-5-19-23-20(24-27-19)14-7-10-16(26-2)11-8-14/h6-12H,3-5,21H2,1-2H3,(H,22,25). The summed E-state index contributed by atoms with van der Waals surface area (Å²) in [6, 6.07) is 12.9. The van der Waals surface area contributed by atoms with Crippen LogP contribution in [-0.4, -0.2) is 23.2 Å². The number of rotatable bonds is 7. The molecule has 0 radical (unpaired) electrons. The summed E-state index contributed by atoms with van der Waals surface area (Å²) in [5.41, 5.74) is 8.93. The van der Waals surface area contributed by atoms with Gasteiger partial charge < -0.3 is 20.3 Å². The summed E-state index contributed by atoms with van der Waals surface area (Å²) in [5, 5.41) is 6.87. The minimum absolute atomic E-state index is 0.0707. The van der Waals surface area contributed by atoms with Gasteiger partial charge in [-0.05, 0) is 55.3 Å². The van der Waals surface area contributed by atoms with Gasteiger partial charge in [-0.1, -0.05) is 11.2 Å². The van der Waals surface area contributed by atoms with Crippen LogP contribution in [0.2, 0.25) is 0 Å². The molecule has 1 aromatic heterocycles. The first-order chi connectivity index (χ1) is 13.0. The van der Waals surface area contributed by atoms with Crippen molar-refractivity contribution in [1.29, 1.82) is 0 Å². The summed E-state index contributed by atoms with van der Waals surface area (Å²) in [7, 11) is 1.62. The molecule has 1 amide bonds. The second-order valence-electron chi connectivity index (χ2n) is 6.22. The number of hydrogen-bond donors (Lipinski definition) is 2. The number of aromatic nitrogens is 2. The van der Waals surface area contributed by atoms with Crippen LogP contribution in [0.5, 0.6) is 5.75 Å². The molecule has 1 heterocycles. The Morgan fingerprint density at radius 1 is 1.22 bits per heavy atom. The van der Waals surface area contributed by atoms with Crippen LogP contribution in [0.4, 0.5) is 11.4 Å². The molecular weight excluding hydrogens is 344 g/mol. The number of carbonyl (C=O) groups excluding carboxylic acids is 1. The molecule has 0 aliphatic carbocycles. The van der Waals surface area contributed by atoms with Gasteiger partial charge in [-0.3, -0.25) is 4.79 Å². The van der Waals surface area contributed by atoms with Crippen molar-refractivity contribution >= 4 is 17.3 Å². The van der Waals surface area contributed by atoms with E-state index in [1.54, 1.807) is 19.2 Å². The van der Waals surface area contributed by atoms with Gasteiger partial charge in [0.05, 0.1) is 7.11 Å². The van der Waals surface area contributed by atoms with Crippen LogP contribution < -0.4 is 15.8 Å². The molecule has 0 spiro atoms. The minimum Gasteiger partial charge on any atom is -0.497 e. The van der Waals surface area contributed by atoms with Crippen molar-refractivity contribution in [3.8, 4) is 17.1 Å². The quantitative estimate of drug-likeness (QED) is 0.619. The number of ether oxygens (including phenoxy) is 1. The van der Waals surface area contributed by atoms with E-state index in [4.69, 9.17) is 15.0 Å². The molecule has 0 atom stereocenters. The number of amides is 1.